The van der Waals surface area contributed by atoms with E-state index in [9.17, 15) is 19.4 Å². The van der Waals surface area contributed by atoms with Gasteiger partial charge in [0, 0.05) is 6.42 Å². The zero-order chi connectivity index (χ0) is 42.8. The van der Waals surface area contributed by atoms with Crippen molar-refractivity contribution >= 4 is 13.7 Å². The Bertz CT molecular complexity index is 1170. The molecule has 0 saturated carbocycles. The number of likely N-dealkylation sites (N-methyl/N-ethyl adjacent to an activating group) is 1. The number of allylic oxidation sites excluding steroid dienone is 12. The van der Waals surface area contributed by atoms with Crippen LogP contribution >= 0.6 is 7.82 Å². The molecule has 0 saturated heterocycles. The lowest BCUT2D eigenvalue weighted by Gasteiger charge is -2.26. The molecule has 0 spiro atoms. The summed E-state index contributed by atoms with van der Waals surface area (Å²) in [6.45, 7) is 4.59. The summed E-state index contributed by atoms with van der Waals surface area (Å²) in [5, 5.41) is 13.6. The number of amides is 1. The van der Waals surface area contributed by atoms with Crippen molar-refractivity contribution < 1.29 is 32.9 Å². The molecule has 1 amide bonds. The van der Waals surface area contributed by atoms with Gasteiger partial charge in [0.05, 0.1) is 39.9 Å². The van der Waals surface area contributed by atoms with Gasteiger partial charge in [-0.05, 0) is 64.2 Å². The van der Waals surface area contributed by atoms with Crippen molar-refractivity contribution in [2.45, 2.75) is 193 Å². The quantitative estimate of drug-likeness (QED) is 0.0245. The van der Waals surface area contributed by atoms with E-state index < -0.39 is 20.0 Å². The SMILES string of the molecule is CC/C=C\C/C=C\C/C=C\C/C=C\C/C=C\C/C=C\CCCCCCCCCCCCCCCCC(=O)NC(COP(=O)(O)OCC[N+](C)(C)C)C(O)CCCCC. The summed E-state index contributed by atoms with van der Waals surface area (Å²) in [7, 11) is 1.60. The minimum atomic E-state index is -4.29. The summed E-state index contributed by atoms with van der Waals surface area (Å²) in [5.74, 6) is -0.160. The number of hydrogen-bond acceptors (Lipinski definition) is 5. The Morgan fingerprint density at radius 2 is 1.03 bits per heavy atom. The highest BCUT2D eigenvalue weighted by Gasteiger charge is 2.28. The normalized spacial score (nSPS) is 14.9. The molecule has 58 heavy (non-hydrogen) atoms. The molecule has 0 aliphatic heterocycles. The number of nitrogens with one attached hydrogen (secondary N) is 1. The molecule has 0 bridgehead atoms. The average molecular weight is 834 g/mol. The van der Waals surface area contributed by atoms with Crippen molar-refractivity contribution in [3.63, 3.8) is 0 Å². The highest BCUT2D eigenvalue weighted by atomic mass is 31.2. The van der Waals surface area contributed by atoms with Crippen LogP contribution in [-0.4, -0.2) is 73.4 Å². The standard InChI is InChI=1S/C49H89N2O6P/c1-6-8-10-11-12-13-14-15-16-17-18-19-20-21-22-23-24-25-26-27-28-29-30-31-32-33-34-35-36-37-38-39-41-43-49(53)50-47(48(52)42-40-9-7-2)46-57-58(54,55)56-45-44-51(3,4)5/h8,10,12-13,15-16,18-19,21-22,24-25,47-48,52H,6-7,9,11,14,17,20,23,26-46H2,1-5H3,(H-,50,53,54,55)/p+1/b10-8-,13-12-,16-15-,19-18-,22-21-,25-24-. The van der Waals surface area contributed by atoms with E-state index in [2.05, 4.69) is 92.1 Å². The zero-order valence-corrected chi connectivity index (χ0v) is 38.9. The second-order valence-electron chi connectivity index (χ2n) is 16.8. The Labute approximate surface area is 357 Å². The largest absolute Gasteiger partial charge is 0.472 e. The van der Waals surface area contributed by atoms with Gasteiger partial charge in [-0.25, -0.2) is 4.57 Å². The smallest absolute Gasteiger partial charge is 0.391 e. The number of unbranched alkanes of at least 4 members (excludes halogenated alkanes) is 16. The van der Waals surface area contributed by atoms with Crippen LogP contribution < -0.4 is 5.32 Å². The first-order valence-electron chi connectivity index (χ1n) is 23.3. The fourth-order valence-corrected chi connectivity index (χ4v) is 7.02. The number of phosphoric ester groups is 1. The van der Waals surface area contributed by atoms with Crippen molar-refractivity contribution in [1.29, 1.82) is 0 Å². The molecule has 3 unspecified atom stereocenters. The number of quaternary nitrogens is 1. The molecular weight excluding hydrogens is 744 g/mol. The first-order valence-corrected chi connectivity index (χ1v) is 24.8. The van der Waals surface area contributed by atoms with Gasteiger partial charge in [-0.15, -0.1) is 0 Å². The maximum absolute atomic E-state index is 12.7. The van der Waals surface area contributed by atoms with E-state index >= 15 is 0 Å². The van der Waals surface area contributed by atoms with Crippen molar-refractivity contribution in [2.24, 2.45) is 0 Å². The lowest BCUT2D eigenvalue weighted by molar-refractivity contribution is -0.870. The van der Waals surface area contributed by atoms with Gasteiger partial charge in [0.25, 0.3) is 0 Å². The molecule has 0 fully saturated rings. The van der Waals surface area contributed by atoms with Gasteiger partial charge in [0.1, 0.15) is 13.2 Å². The molecule has 3 atom stereocenters. The van der Waals surface area contributed by atoms with Crippen LogP contribution in [0.5, 0.6) is 0 Å². The van der Waals surface area contributed by atoms with Gasteiger partial charge < -0.3 is 19.8 Å². The van der Waals surface area contributed by atoms with Gasteiger partial charge in [-0.1, -0.05) is 183 Å². The monoisotopic (exact) mass is 834 g/mol. The second-order valence-corrected chi connectivity index (χ2v) is 18.2. The molecule has 0 aliphatic carbocycles. The van der Waals surface area contributed by atoms with Crippen LogP contribution in [0.25, 0.3) is 0 Å². The summed E-state index contributed by atoms with van der Waals surface area (Å²) in [6, 6.07) is -0.758. The molecule has 0 aliphatic rings. The van der Waals surface area contributed by atoms with E-state index in [1.165, 1.54) is 77.0 Å². The maximum Gasteiger partial charge on any atom is 0.472 e. The molecule has 0 aromatic rings. The minimum Gasteiger partial charge on any atom is -0.391 e. The molecule has 336 valence electrons. The van der Waals surface area contributed by atoms with Crippen LogP contribution in [0.15, 0.2) is 72.9 Å². The summed E-state index contributed by atoms with van der Waals surface area (Å²) in [5.41, 5.74) is 0. The average Bonchev–Trinajstić information content (AvgIpc) is 3.17. The Hall–Kier alpha value is -2.06. The first-order chi connectivity index (χ1) is 28.0. The fraction of sp³-hybridized carbons (Fsp3) is 0.735. The number of hydrogen-bond donors (Lipinski definition) is 3. The minimum absolute atomic E-state index is 0.0705. The summed E-state index contributed by atoms with van der Waals surface area (Å²) < 4.78 is 23.3. The molecule has 0 aromatic carbocycles. The number of carbonyl (C=O) groups excluding carboxylic acids is 1. The predicted molar refractivity (Wildman–Crippen MR) is 249 cm³/mol. The van der Waals surface area contributed by atoms with Crippen molar-refractivity contribution in [2.75, 3.05) is 40.9 Å². The summed E-state index contributed by atoms with van der Waals surface area (Å²) >= 11 is 0. The van der Waals surface area contributed by atoms with Crippen LogP contribution in [0.4, 0.5) is 0 Å². The van der Waals surface area contributed by atoms with E-state index in [1.54, 1.807) is 0 Å². The Morgan fingerprint density at radius 3 is 1.48 bits per heavy atom. The molecule has 0 rings (SSSR count). The summed E-state index contributed by atoms with van der Waals surface area (Å²) in [6.07, 6.45) is 54.6. The molecule has 0 radical (unpaired) electrons. The third kappa shape index (κ3) is 42.1. The fourth-order valence-electron chi connectivity index (χ4n) is 6.28. The molecule has 8 nitrogen and oxygen atoms in total. The topological polar surface area (TPSA) is 105 Å². The third-order valence-electron chi connectivity index (χ3n) is 9.97. The van der Waals surface area contributed by atoms with Gasteiger partial charge in [-0.2, -0.15) is 0 Å². The molecule has 0 heterocycles. The lowest BCUT2D eigenvalue weighted by Crippen LogP contribution is -2.46. The number of phosphoric acid groups is 1. The van der Waals surface area contributed by atoms with Crippen LogP contribution in [-0.2, 0) is 18.4 Å². The Balaban J connectivity index is 3.81. The van der Waals surface area contributed by atoms with Crippen molar-refractivity contribution in [3.05, 3.63) is 72.9 Å². The van der Waals surface area contributed by atoms with Crippen LogP contribution in [0.2, 0.25) is 0 Å². The van der Waals surface area contributed by atoms with Crippen LogP contribution in [0.1, 0.15) is 181 Å². The Kier molecular flexibility index (Phi) is 38.9. The van der Waals surface area contributed by atoms with E-state index in [0.717, 1.165) is 77.0 Å². The van der Waals surface area contributed by atoms with Crippen molar-refractivity contribution in [1.82, 2.24) is 5.32 Å². The molecular formula is C49H90N2O6P+. The molecule has 0 aromatic heterocycles. The summed E-state index contributed by atoms with van der Waals surface area (Å²) in [4.78, 5) is 22.8. The van der Waals surface area contributed by atoms with E-state index in [0.29, 0.717) is 23.9 Å². The van der Waals surface area contributed by atoms with Gasteiger partial charge in [0.2, 0.25) is 5.91 Å². The number of nitrogens with zero attached hydrogens (tertiary/aromatic N) is 1. The first kappa shape index (κ1) is 55.9. The number of rotatable bonds is 41. The third-order valence-corrected chi connectivity index (χ3v) is 11.0. The van der Waals surface area contributed by atoms with E-state index in [1.807, 2.05) is 21.1 Å². The van der Waals surface area contributed by atoms with Crippen LogP contribution in [0.3, 0.4) is 0 Å². The highest BCUT2D eigenvalue weighted by Crippen LogP contribution is 2.43. The molecule has 9 heteroatoms. The number of aliphatic hydroxyl groups excluding tert-OH is 1. The second kappa shape index (κ2) is 40.4. The van der Waals surface area contributed by atoms with Crippen molar-refractivity contribution in [3.8, 4) is 0 Å². The van der Waals surface area contributed by atoms with Gasteiger partial charge in [0.15, 0.2) is 0 Å². The van der Waals surface area contributed by atoms with Gasteiger partial charge in [-0.3, -0.25) is 13.8 Å². The zero-order valence-electron chi connectivity index (χ0n) is 38.0. The predicted octanol–water partition coefficient (Wildman–Crippen LogP) is 13.2. The van der Waals surface area contributed by atoms with Crippen LogP contribution in [0, 0.1) is 0 Å². The van der Waals surface area contributed by atoms with E-state index in [-0.39, 0.29) is 19.1 Å². The molecule has 3 N–H and O–H groups in total. The van der Waals surface area contributed by atoms with Gasteiger partial charge >= 0.3 is 7.82 Å². The number of aliphatic hydroxyl groups is 1. The highest BCUT2D eigenvalue weighted by molar-refractivity contribution is 7.47. The van der Waals surface area contributed by atoms with E-state index in [4.69, 9.17) is 9.05 Å². The number of carbonyl (C=O) groups is 1. The maximum atomic E-state index is 12.7. The lowest BCUT2D eigenvalue weighted by atomic mass is 10.0. The Morgan fingerprint density at radius 1 is 0.603 bits per heavy atom.